The lowest BCUT2D eigenvalue weighted by molar-refractivity contribution is 0.112. The van der Waals surface area contributed by atoms with E-state index in [9.17, 15) is 14.0 Å². The number of carbonyl (C=O) groups excluding carboxylic acids is 2. The lowest BCUT2D eigenvalue weighted by atomic mass is 10.1. The number of rotatable bonds is 1. The van der Waals surface area contributed by atoms with Gasteiger partial charge in [-0.05, 0) is 25.2 Å². The highest BCUT2D eigenvalue weighted by molar-refractivity contribution is 5.93. The number of nitrogens with one attached hydrogen (secondary N) is 1. The van der Waals surface area contributed by atoms with Crippen LogP contribution in [0.4, 0.5) is 9.18 Å². The van der Waals surface area contributed by atoms with Crippen LogP contribution in [-0.2, 0) is 0 Å². The summed E-state index contributed by atoms with van der Waals surface area (Å²) in [6, 6.07) is 3.62. The molecule has 0 atom stereocenters. The summed E-state index contributed by atoms with van der Waals surface area (Å²) >= 11 is 0. The third kappa shape index (κ3) is 2.75. The molecule has 1 aromatic carbocycles. The van der Waals surface area contributed by atoms with Crippen LogP contribution in [0.5, 0.6) is 0 Å². The smallest absolute Gasteiger partial charge is 0.321 e. The van der Waals surface area contributed by atoms with E-state index in [4.69, 9.17) is 5.41 Å². The Morgan fingerprint density at radius 2 is 1.96 bits per heavy atom. The molecule has 6 nitrogen and oxygen atoms in total. The number of aldehydes is 1. The van der Waals surface area contributed by atoms with Crippen molar-refractivity contribution in [2.75, 3.05) is 33.2 Å². The molecule has 0 spiro atoms. The van der Waals surface area contributed by atoms with Gasteiger partial charge in [0.25, 0.3) is 0 Å². The van der Waals surface area contributed by atoms with Crippen molar-refractivity contribution < 1.29 is 14.0 Å². The van der Waals surface area contributed by atoms with Crippen molar-refractivity contribution in [1.82, 2.24) is 14.4 Å². The summed E-state index contributed by atoms with van der Waals surface area (Å²) in [6.45, 7) is 2.72. The van der Waals surface area contributed by atoms with Crippen LogP contribution in [0.1, 0.15) is 10.4 Å². The topological polar surface area (TPSA) is 69.4 Å². The van der Waals surface area contributed by atoms with Crippen LogP contribution in [0.25, 0.3) is 10.9 Å². The summed E-state index contributed by atoms with van der Waals surface area (Å²) in [7, 11) is 1.99. The molecule has 1 aliphatic rings. The number of pyridine rings is 1. The second-order valence-electron chi connectivity index (χ2n) is 5.68. The molecule has 3 rings (SSSR count). The van der Waals surface area contributed by atoms with Gasteiger partial charge < -0.3 is 9.80 Å². The number of hydrogen-bond donors (Lipinski definition) is 1. The summed E-state index contributed by atoms with van der Waals surface area (Å²) in [5.74, 6) is -0.507. The van der Waals surface area contributed by atoms with Crippen molar-refractivity contribution in [3.05, 3.63) is 41.1 Å². The van der Waals surface area contributed by atoms with Crippen LogP contribution in [0, 0.1) is 11.2 Å². The standard InChI is InChI=1S/C16H17FN4O2/c1-19-4-6-20(7-5-19)16(23)21-9-11(10-22)15(18)13-8-12(17)2-3-14(13)21/h2-3,8-10,18H,4-7H2,1H3. The number of halogens is 1. The Bertz CT molecular complexity index is 838. The fraction of sp³-hybridized carbons (Fsp3) is 0.312. The van der Waals surface area contributed by atoms with Crippen molar-refractivity contribution in [2.24, 2.45) is 0 Å². The Balaban J connectivity index is 2.13. The number of nitrogens with zero attached hydrogens (tertiary/aromatic N) is 3. The van der Waals surface area contributed by atoms with Gasteiger partial charge in [-0.2, -0.15) is 0 Å². The molecule has 2 aromatic rings. The van der Waals surface area contributed by atoms with Gasteiger partial charge >= 0.3 is 6.03 Å². The van der Waals surface area contributed by atoms with Gasteiger partial charge in [0.15, 0.2) is 6.29 Å². The molecule has 1 amide bonds. The first-order valence-corrected chi connectivity index (χ1v) is 7.34. The predicted molar refractivity (Wildman–Crippen MR) is 83.0 cm³/mol. The summed E-state index contributed by atoms with van der Waals surface area (Å²) in [4.78, 5) is 27.8. The molecule has 1 fully saturated rings. The maximum absolute atomic E-state index is 13.5. The first kappa shape index (κ1) is 15.4. The first-order chi connectivity index (χ1) is 11.0. The normalized spacial score (nSPS) is 15.8. The molecular formula is C16H17FN4O2. The number of fused-ring (bicyclic) bond motifs is 1. The zero-order valence-electron chi connectivity index (χ0n) is 12.8. The molecule has 0 radical (unpaired) electrons. The molecule has 2 heterocycles. The molecule has 0 aliphatic carbocycles. The van der Waals surface area contributed by atoms with Crippen molar-refractivity contribution in [3.63, 3.8) is 0 Å². The van der Waals surface area contributed by atoms with Gasteiger partial charge in [-0.15, -0.1) is 0 Å². The van der Waals surface area contributed by atoms with Crippen LogP contribution in [0.15, 0.2) is 24.4 Å². The van der Waals surface area contributed by atoms with Crippen LogP contribution in [0.2, 0.25) is 0 Å². The highest BCUT2D eigenvalue weighted by atomic mass is 19.1. The monoisotopic (exact) mass is 316 g/mol. The Hall–Kier alpha value is -2.54. The zero-order valence-corrected chi connectivity index (χ0v) is 12.8. The molecular weight excluding hydrogens is 299 g/mol. The van der Waals surface area contributed by atoms with E-state index in [1.165, 1.54) is 29.0 Å². The highest BCUT2D eigenvalue weighted by Crippen LogP contribution is 2.15. The molecule has 23 heavy (non-hydrogen) atoms. The summed E-state index contributed by atoms with van der Waals surface area (Å²) in [6.07, 6.45) is 1.87. The maximum atomic E-state index is 13.5. The third-order valence-corrected chi connectivity index (χ3v) is 4.15. The van der Waals surface area contributed by atoms with Gasteiger partial charge in [0, 0.05) is 37.8 Å². The Labute approximate surface area is 132 Å². The second kappa shape index (κ2) is 5.92. The first-order valence-electron chi connectivity index (χ1n) is 7.34. The second-order valence-corrected chi connectivity index (χ2v) is 5.68. The minimum Gasteiger partial charge on any atom is -0.321 e. The van der Waals surface area contributed by atoms with Crippen molar-refractivity contribution >= 4 is 23.2 Å². The molecule has 0 unspecified atom stereocenters. The molecule has 120 valence electrons. The fourth-order valence-electron chi connectivity index (χ4n) is 2.74. The number of likely N-dealkylation sites (N-methyl/N-ethyl adjacent to an activating group) is 1. The van der Waals surface area contributed by atoms with Gasteiger partial charge in [-0.1, -0.05) is 0 Å². The average molecular weight is 316 g/mol. The van der Waals surface area contributed by atoms with E-state index in [2.05, 4.69) is 4.90 Å². The highest BCUT2D eigenvalue weighted by Gasteiger charge is 2.22. The largest absolute Gasteiger partial charge is 0.328 e. The summed E-state index contributed by atoms with van der Waals surface area (Å²) < 4.78 is 14.8. The van der Waals surface area contributed by atoms with Crippen LogP contribution >= 0.6 is 0 Å². The minimum absolute atomic E-state index is 0.0607. The number of amides is 1. The Kier molecular flexibility index (Phi) is 3.96. The zero-order chi connectivity index (χ0) is 16.6. The van der Waals surface area contributed by atoms with E-state index in [1.807, 2.05) is 7.05 Å². The minimum atomic E-state index is -0.507. The van der Waals surface area contributed by atoms with Crippen LogP contribution < -0.4 is 5.36 Å². The molecule has 1 aromatic heterocycles. The van der Waals surface area contributed by atoms with E-state index in [1.54, 1.807) is 4.90 Å². The SMILES string of the molecule is CN1CCN(C(=O)n2cc(C=O)c(=N)c3cc(F)ccc32)CC1. The number of aromatic nitrogens is 1. The van der Waals surface area contributed by atoms with Gasteiger partial charge in [0.1, 0.15) is 5.82 Å². The maximum Gasteiger partial charge on any atom is 0.328 e. The lowest BCUT2D eigenvalue weighted by Gasteiger charge is -2.33. The van der Waals surface area contributed by atoms with Gasteiger partial charge in [-0.25, -0.2) is 9.18 Å². The molecule has 0 saturated carbocycles. The van der Waals surface area contributed by atoms with Crippen LogP contribution in [-0.4, -0.2) is 59.9 Å². The van der Waals surface area contributed by atoms with Crippen LogP contribution in [0.3, 0.4) is 0 Å². The Morgan fingerprint density at radius 3 is 2.61 bits per heavy atom. The number of carbonyl (C=O) groups is 2. The lowest BCUT2D eigenvalue weighted by Crippen LogP contribution is -2.48. The average Bonchev–Trinajstić information content (AvgIpc) is 2.56. The third-order valence-electron chi connectivity index (χ3n) is 4.15. The molecule has 1 aliphatic heterocycles. The van der Waals surface area contributed by atoms with Crippen molar-refractivity contribution in [2.45, 2.75) is 0 Å². The summed E-state index contributed by atoms with van der Waals surface area (Å²) in [5, 5.41) is 8.18. The predicted octanol–water partition coefficient (Wildman–Crippen LogP) is 1.29. The molecule has 1 saturated heterocycles. The van der Waals surface area contributed by atoms with Crippen molar-refractivity contribution in [3.8, 4) is 0 Å². The molecule has 1 N–H and O–H groups in total. The van der Waals surface area contributed by atoms with E-state index >= 15 is 0 Å². The quantitative estimate of drug-likeness (QED) is 0.806. The molecule has 7 heteroatoms. The Morgan fingerprint density at radius 1 is 1.26 bits per heavy atom. The van der Waals surface area contributed by atoms with Gasteiger partial charge in [-0.3, -0.25) is 14.8 Å². The fourth-order valence-corrected chi connectivity index (χ4v) is 2.74. The van der Waals surface area contributed by atoms with Gasteiger partial charge in [0.2, 0.25) is 0 Å². The molecule has 0 bridgehead atoms. The number of piperazine rings is 1. The van der Waals surface area contributed by atoms with E-state index in [0.717, 1.165) is 13.1 Å². The summed E-state index contributed by atoms with van der Waals surface area (Å²) in [5.41, 5.74) is 0.483. The van der Waals surface area contributed by atoms with Crippen molar-refractivity contribution in [1.29, 1.82) is 5.41 Å². The number of benzene rings is 1. The van der Waals surface area contributed by atoms with E-state index in [0.29, 0.717) is 24.9 Å². The number of hydrogen-bond acceptors (Lipinski definition) is 4. The van der Waals surface area contributed by atoms with E-state index < -0.39 is 5.82 Å². The van der Waals surface area contributed by atoms with E-state index in [-0.39, 0.29) is 22.3 Å². The van der Waals surface area contributed by atoms with Gasteiger partial charge in [0.05, 0.1) is 16.4 Å².